The molecule has 0 aliphatic carbocycles. The molecule has 4 rings (SSSR count). The van der Waals surface area contributed by atoms with E-state index in [-0.39, 0.29) is 0 Å². The summed E-state index contributed by atoms with van der Waals surface area (Å²) in [7, 11) is 0. The second-order valence-electron chi connectivity index (χ2n) is 5.89. The molecule has 0 amide bonds. The van der Waals surface area contributed by atoms with E-state index in [1.807, 2.05) is 6.92 Å². The highest BCUT2D eigenvalue weighted by molar-refractivity contribution is 5.24. The molecule has 4 heteroatoms. The fraction of sp³-hybridized carbons (Fsp3) is 0.500. The third kappa shape index (κ3) is 1.86. The molecule has 0 N–H and O–H groups in total. The zero-order valence-corrected chi connectivity index (χ0v) is 11.7. The quantitative estimate of drug-likeness (QED) is 0.840. The summed E-state index contributed by atoms with van der Waals surface area (Å²) < 4.78 is 5.19. The Hall–Kier alpha value is -1.68. The first-order chi connectivity index (χ1) is 9.83. The van der Waals surface area contributed by atoms with E-state index in [4.69, 9.17) is 4.52 Å². The molecule has 0 saturated carbocycles. The predicted molar refractivity (Wildman–Crippen MR) is 75.3 cm³/mol. The van der Waals surface area contributed by atoms with Crippen LogP contribution in [0, 0.1) is 6.92 Å². The van der Waals surface area contributed by atoms with Crippen molar-refractivity contribution in [2.75, 3.05) is 6.54 Å². The van der Waals surface area contributed by atoms with E-state index in [9.17, 15) is 0 Å². The van der Waals surface area contributed by atoms with Crippen LogP contribution in [0.25, 0.3) is 0 Å². The fourth-order valence-corrected chi connectivity index (χ4v) is 3.91. The van der Waals surface area contributed by atoms with Crippen LogP contribution in [-0.4, -0.2) is 27.6 Å². The van der Waals surface area contributed by atoms with E-state index < -0.39 is 0 Å². The Labute approximate surface area is 118 Å². The Balaban J connectivity index is 1.67. The van der Waals surface area contributed by atoms with Crippen molar-refractivity contribution in [1.82, 2.24) is 15.0 Å². The summed E-state index contributed by atoms with van der Waals surface area (Å²) in [4.78, 5) is 7.12. The average Bonchev–Trinajstić information content (AvgIpc) is 3.15. The van der Waals surface area contributed by atoms with Crippen LogP contribution in [-0.2, 0) is 0 Å². The second kappa shape index (κ2) is 4.70. The van der Waals surface area contributed by atoms with E-state index in [0.29, 0.717) is 23.9 Å². The first-order valence-corrected chi connectivity index (χ1v) is 7.44. The number of aryl methyl sites for hydroxylation is 1. The standard InChI is InChI=1S/C16H19N3O/c1-11-17-16(18-20-11)13-10-15(12-6-3-2-4-7-12)19-9-5-8-14(13)19/h2-4,6-7,13-15H,5,8-10H2,1H3/t13-,14+,15-/m1/s1. The van der Waals surface area contributed by atoms with E-state index >= 15 is 0 Å². The second-order valence-corrected chi connectivity index (χ2v) is 5.89. The molecular formula is C16H19N3O. The molecule has 4 nitrogen and oxygen atoms in total. The van der Waals surface area contributed by atoms with Gasteiger partial charge < -0.3 is 4.52 Å². The molecule has 20 heavy (non-hydrogen) atoms. The minimum Gasteiger partial charge on any atom is -0.340 e. The third-order valence-electron chi connectivity index (χ3n) is 4.74. The highest BCUT2D eigenvalue weighted by Gasteiger charge is 2.46. The summed E-state index contributed by atoms with van der Waals surface area (Å²) in [6.07, 6.45) is 3.64. The van der Waals surface area contributed by atoms with Crippen molar-refractivity contribution in [2.24, 2.45) is 0 Å². The van der Waals surface area contributed by atoms with E-state index in [2.05, 4.69) is 45.4 Å². The van der Waals surface area contributed by atoms with Gasteiger partial charge in [0, 0.05) is 24.9 Å². The minimum absolute atomic E-state index is 0.417. The van der Waals surface area contributed by atoms with Gasteiger partial charge in [0.1, 0.15) is 0 Å². The number of fused-ring (bicyclic) bond motifs is 1. The van der Waals surface area contributed by atoms with Gasteiger partial charge in [-0.25, -0.2) is 0 Å². The van der Waals surface area contributed by atoms with Gasteiger partial charge in [0.05, 0.1) is 0 Å². The fourth-order valence-electron chi connectivity index (χ4n) is 3.91. The van der Waals surface area contributed by atoms with Crippen LogP contribution in [0.3, 0.4) is 0 Å². The number of hydrogen-bond acceptors (Lipinski definition) is 4. The van der Waals surface area contributed by atoms with Crippen LogP contribution < -0.4 is 0 Å². The van der Waals surface area contributed by atoms with Gasteiger partial charge in [-0.2, -0.15) is 4.98 Å². The van der Waals surface area contributed by atoms with Crippen molar-refractivity contribution in [3.63, 3.8) is 0 Å². The number of aromatic nitrogens is 2. The Morgan fingerprint density at radius 2 is 2.10 bits per heavy atom. The molecule has 0 spiro atoms. The molecule has 1 aromatic heterocycles. The number of hydrogen-bond donors (Lipinski definition) is 0. The maximum Gasteiger partial charge on any atom is 0.223 e. The van der Waals surface area contributed by atoms with Crippen LogP contribution in [0.15, 0.2) is 34.9 Å². The Bertz CT molecular complexity index is 595. The Morgan fingerprint density at radius 1 is 1.25 bits per heavy atom. The lowest BCUT2D eigenvalue weighted by molar-refractivity contribution is 0.243. The van der Waals surface area contributed by atoms with Crippen LogP contribution in [0.1, 0.15) is 48.5 Å². The van der Waals surface area contributed by atoms with Gasteiger partial charge in [-0.15, -0.1) is 0 Å². The first-order valence-electron chi connectivity index (χ1n) is 7.44. The summed E-state index contributed by atoms with van der Waals surface area (Å²) in [5.41, 5.74) is 1.42. The summed E-state index contributed by atoms with van der Waals surface area (Å²) in [6, 6.07) is 11.9. The predicted octanol–water partition coefficient (Wildman–Crippen LogP) is 3.07. The number of benzene rings is 1. The zero-order valence-electron chi connectivity index (χ0n) is 11.7. The highest BCUT2D eigenvalue weighted by Crippen LogP contribution is 2.48. The van der Waals surface area contributed by atoms with Crippen LogP contribution >= 0.6 is 0 Å². The van der Waals surface area contributed by atoms with Crippen molar-refractivity contribution in [1.29, 1.82) is 0 Å². The van der Waals surface area contributed by atoms with Gasteiger partial charge in [0.2, 0.25) is 5.89 Å². The van der Waals surface area contributed by atoms with Gasteiger partial charge >= 0.3 is 0 Å². The summed E-state index contributed by atoms with van der Waals surface area (Å²) in [5.74, 6) is 1.99. The van der Waals surface area contributed by atoms with E-state index in [0.717, 1.165) is 12.2 Å². The van der Waals surface area contributed by atoms with Crippen molar-refractivity contribution in [3.05, 3.63) is 47.6 Å². The lowest BCUT2D eigenvalue weighted by Crippen LogP contribution is -2.27. The summed E-state index contributed by atoms with van der Waals surface area (Å²) >= 11 is 0. The van der Waals surface area contributed by atoms with Crippen molar-refractivity contribution in [3.8, 4) is 0 Å². The van der Waals surface area contributed by atoms with Crippen LogP contribution in [0.2, 0.25) is 0 Å². The molecule has 0 radical (unpaired) electrons. The lowest BCUT2D eigenvalue weighted by Gasteiger charge is -2.24. The van der Waals surface area contributed by atoms with E-state index in [1.165, 1.54) is 24.9 Å². The molecule has 104 valence electrons. The van der Waals surface area contributed by atoms with Gasteiger partial charge in [-0.05, 0) is 31.4 Å². The SMILES string of the molecule is Cc1nc([C@@H]2C[C@H](c3ccccc3)N3CCC[C@@H]23)no1. The first kappa shape index (κ1) is 12.1. The lowest BCUT2D eigenvalue weighted by atomic mass is 9.94. The van der Waals surface area contributed by atoms with Crippen LogP contribution in [0.4, 0.5) is 0 Å². The highest BCUT2D eigenvalue weighted by atomic mass is 16.5. The normalized spacial score (nSPS) is 29.8. The van der Waals surface area contributed by atoms with Gasteiger partial charge in [-0.3, -0.25) is 4.90 Å². The zero-order chi connectivity index (χ0) is 13.5. The topological polar surface area (TPSA) is 42.2 Å². The van der Waals surface area contributed by atoms with Crippen molar-refractivity contribution >= 4 is 0 Å². The van der Waals surface area contributed by atoms with Crippen molar-refractivity contribution in [2.45, 2.75) is 44.2 Å². The average molecular weight is 269 g/mol. The number of nitrogens with zero attached hydrogens (tertiary/aromatic N) is 3. The smallest absolute Gasteiger partial charge is 0.223 e. The van der Waals surface area contributed by atoms with Crippen LogP contribution in [0.5, 0.6) is 0 Å². The third-order valence-corrected chi connectivity index (χ3v) is 4.74. The van der Waals surface area contributed by atoms with E-state index in [1.54, 1.807) is 0 Å². The molecule has 2 aliphatic rings. The molecule has 2 saturated heterocycles. The molecule has 3 atom stereocenters. The summed E-state index contributed by atoms with van der Waals surface area (Å²) in [6.45, 7) is 3.06. The molecule has 1 aromatic carbocycles. The molecular weight excluding hydrogens is 250 g/mol. The Kier molecular flexibility index (Phi) is 2.84. The number of rotatable bonds is 2. The van der Waals surface area contributed by atoms with Gasteiger partial charge in [0.15, 0.2) is 5.82 Å². The van der Waals surface area contributed by atoms with Gasteiger partial charge in [0.25, 0.3) is 0 Å². The molecule has 3 heterocycles. The largest absolute Gasteiger partial charge is 0.340 e. The molecule has 2 aliphatic heterocycles. The summed E-state index contributed by atoms with van der Waals surface area (Å²) in [5, 5.41) is 4.17. The molecule has 2 aromatic rings. The molecule has 0 bridgehead atoms. The maximum absolute atomic E-state index is 5.19. The minimum atomic E-state index is 0.417. The van der Waals surface area contributed by atoms with Gasteiger partial charge in [-0.1, -0.05) is 35.5 Å². The molecule has 2 fully saturated rings. The molecule has 0 unspecified atom stereocenters. The maximum atomic E-state index is 5.19. The van der Waals surface area contributed by atoms with Crippen molar-refractivity contribution < 1.29 is 4.52 Å². The monoisotopic (exact) mass is 269 g/mol. The Morgan fingerprint density at radius 3 is 2.85 bits per heavy atom.